The second-order valence-electron chi connectivity index (χ2n) is 8.34. The topological polar surface area (TPSA) is 78.9 Å². The zero-order valence-electron chi connectivity index (χ0n) is 20.2. The monoisotopic (exact) mass is 480 g/mol. The van der Waals surface area contributed by atoms with Crippen molar-refractivity contribution in [2.24, 2.45) is 5.92 Å². The van der Waals surface area contributed by atoms with E-state index in [9.17, 15) is 18.8 Å². The van der Waals surface area contributed by atoms with Gasteiger partial charge in [-0.05, 0) is 50.5 Å². The third-order valence-corrected chi connectivity index (χ3v) is 4.89. The van der Waals surface area contributed by atoms with Crippen molar-refractivity contribution in [1.29, 1.82) is 0 Å². The molecule has 0 saturated carbocycles. The normalized spacial score (nSPS) is 10.4. The first-order valence-electron chi connectivity index (χ1n) is 10.9. The average Bonchev–Trinajstić information content (AvgIpc) is 2.80. The number of ether oxygens (including phenoxy) is 3. The second-order valence-corrected chi connectivity index (χ2v) is 8.34. The Morgan fingerprint density at radius 1 is 0.800 bits per heavy atom. The zero-order valence-corrected chi connectivity index (χ0v) is 20.2. The molecule has 6 nitrogen and oxygen atoms in total. The predicted octanol–water partition coefficient (Wildman–Crippen LogP) is 5.37. The van der Waals surface area contributed by atoms with Gasteiger partial charge in [-0.3, -0.25) is 0 Å². The first-order chi connectivity index (χ1) is 16.5. The van der Waals surface area contributed by atoms with Gasteiger partial charge in [0.25, 0.3) is 0 Å². The van der Waals surface area contributed by atoms with Crippen molar-refractivity contribution in [3.63, 3.8) is 0 Å². The number of hydrogen-bond acceptors (Lipinski definition) is 6. The number of halogens is 1. The van der Waals surface area contributed by atoms with Gasteiger partial charge in [-0.2, -0.15) is 0 Å². The lowest BCUT2D eigenvalue weighted by Crippen LogP contribution is -2.23. The molecule has 2 aromatic rings. The molecule has 0 atom stereocenters. The number of carbonyl (C=O) groups is 3. The van der Waals surface area contributed by atoms with Gasteiger partial charge in [0.15, 0.2) is 0 Å². The van der Waals surface area contributed by atoms with Gasteiger partial charge in [0.2, 0.25) is 0 Å². The van der Waals surface area contributed by atoms with E-state index in [4.69, 9.17) is 14.2 Å². The molecule has 2 rings (SSSR count). The van der Waals surface area contributed by atoms with E-state index in [-0.39, 0.29) is 41.6 Å². The summed E-state index contributed by atoms with van der Waals surface area (Å²) in [6, 6.07) is 11.3. The second kappa shape index (κ2) is 12.5. The average molecular weight is 481 g/mol. The molecule has 7 heteroatoms. The summed E-state index contributed by atoms with van der Waals surface area (Å²) < 4.78 is 30.2. The van der Waals surface area contributed by atoms with Gasteiger partial charge in [-0.15, -0.1) is 0 Å². The van der Waals surface area contributed by atoms with Crippen LogP contribution in [0.5, 0.6) is 5.75 Å². The molecule has 0 radical (unpaired) electrons. The first kappa shape index (κ1) is 27.2. The maximum Gasteiger partial charge on any atom is 0.338 e. The summed E-state index contributed by atoms with van der Waals surface area (Å²) in [5.74, 6) is -2.42. The Morgan fingerprint density at radius 3 is 1.77 bits per heavy atom. The molecule has 184 valence electrons. The number of esters is 3. The standard InChI is InChI=1S/C28H29FO6/c1-17(2)26(30)33-15-21(16-34-27(31)18(3)4)13-20-7-9-22(10-8-20)24-12-11-23(14-25(24)29)35-28(32)19(5)6/h7-12,14,21H,1,3,5,13,15-16H2,2,4,6H3. The number of carbonyl (C=O) groups excluding carboxylic acids is 3. The maximum atomic E-state index is 14.7. The van der Waals surface area contributed by atoms with Gasteiger partial charge >= 0.3 is 17.9 Å². The SMILES string of the molecule is C=C(C)C(=O)OCC(COC(=O)C(=C)C)Cc1ccc(-c2ccc(OC(=O)C(=C)C)cc2F)cc1. The lowest BCUT2D eigenvalue weighted by atomic mass is 9.97. The van der Waals surface area contributed by atoms with Crippen LogP contribution in [0, 0.1) is 11.7 Å². The van der Waals surface area contributed by atoms with Crippen molar-refractivity contribution in [1.82, 2.24) is 0 Å². The van der Waals surface area contributed by atoms with Crippen molar-refractivity contribution in [3.8, 4) is 16.9 Å². The molecule has 0 amide bonds. The Hall–Kier alpha value is -4.00. The van der Waals surface area contributed by atoms with Crippen molar-refractivity contribution >= 4 is 17.9 Å². The van der Waals surface area contributed by atoms with Gasteiger partial charge in [-0.25, -0.2) is 18.8 Å². The maximum absolute atomic E-state index is 14.7. The fraction of sp³-hybridized carbons (Fsp3) is 0.250. The van der Waals surface area contributed by atoms with Crippen LogP contribution in [-0.4, -0.2) is 31.1 Å². The van der Waals surface area contributed by atoms with E-state index in [1.807, 2.05) is 12.1 Å². The van der Waals surface area contributed by atoms with E-state index in [0.717, 1.165) is 11.6 Å². The highest BCUT2D eigenvalue weighted by atomic mass is 19.1. The van der Waals surface area contributed by atoms with Crippen LogP contribution in [0.2, 0.25) is 0 Å². The highest BCUT2D eigenvalue weighted by molar-refractivity contribution is 5.89. The lowest BCUT2D eigenvalue weighted by molar-refractivity contribution is -0.144. The third-order valence-electron chi connectivity index (χ3n) is 4.89. The van der Waals surface area contributed by atoms with Crippen LogP contribution in [0.25, 0.3) is 11.1 Å². The molecule has 0 spiro atoms. The summed E-state index contributed by atoms with van der Waals surface area (Å²) in [6.07, 6.45) is 0.450. The Balaban J connectivity index is 2.12. The smallest absolute Gasteiger partial charge is 0.338 e. The summed E-state index contributed by atoms with van der Waals surface area (Å²) in [6.45, 7) is 15.3. The summed E-state index contributed by atoms with van der Waals surface area (Å²) in [7, 11) is 0. The Bertz CT molecular complexity index is 1120. The fourth-order valence-electron chi connectivity index (χ4n) is 2.94. The summed E-state index contributed by atoms with van der Waals surface area (Å²) >= 11 is 0. The van der Waals surface area contributed by atoms with E-state index in [1.54, 1.807) is 26.0 Å². The fourth-order valence-corrected chi connectivity index (χ4v) is 2.94. The molecule has 0 aliphatic carbocycles. The van der Waals surface area contributed by atoms with E-state index in [1.165, 1.54) is 19.1 Å². The third kappa shape index (κ3) is 8.37. The molecule has 0 heterocycles. The van der Waals surface area contributed by atoms with Gasteiger partial charge in [0, 0.05) is 34.3 Å². The Labute approximate surface area is 204 Å². The summed E-state index contributed by atoms with van der Waals surface area (Å²) in [5, 5.41) is 0. The summed E-state index contributed by atoms with van der Waals surface area (Å²) in [5.41, 5.74) is 2.61. The van der Waals surface area contributed by atoms with Crippen LogP contribution in [0.1, 0.15) is 26.3 Å². The molecule has 0 aliphatic rings. The molecule has 0 unspecified atom stereocenters. The molecule has 0 aliphatic heterocycles. The van der Waals surface area contributed by atoms with Crippen LogP contribution in [-0.2, 0) is 30.3 Å². The minimum atomic E-state index is -0.626. The lowest BCUT2D eigenvalue weighted by Gasteiger charge is -2.18. The number of rotatable bonds is 11. The number of benzene rings is 2. The van der Waals surface area contributed by atoms with Crippen LogP contribution in [0.15, 0.2) is 78.9 Å². The van der Waals surface area contributed by atoms with E-state index < -0.39 is 23.7 Å². The predicted molar refractivity (Wildman–Crippen MR) is 131 cm³/mol. The molecule has 2 aromatic carbocycles. The zero-order chi connectivity index (χ0) is 26.1. The van der Waals surface area contributed by atoms with Crippen molar-refractivity contribution in [2.45, 2.75) is 27.2 Å². The van der Waals surface area contributed by atoms with Crippen molar-refractivity contribution < 1.29 is 33.0 Å². The molecule has 0 fully saturated rings. The van der Waals surface area contributed by atoms with Gasteiger partial charge < -0.3 is 14.2 Å². The number of hydrogen-bond donors (Lipinski definition) is 0. The molecular weight excluding hydrogens is 451 g/mol. The van der Waals surface area contributed by atoms with E-state index >= 15 is 0 Å². The largest absolute Gasteiger partial charge is 0.462 e. The van der Waals surface area contributed by atoms with Crippen LogP contribution in [0.3, 0.4) is 0 Å². The minimum absolute atomic E-state index is 0.0376. The quantitative estimate of drug-likeness (QED) is 0.244. The van der Waals surface area contributed by atoms with Crippen molar-refractivity contribution in [3.05, 3.63) is 90.3 Å². The van der Waals surface area contributed by atoms with Crippen molar-refractivity contribution in [2.75, 3.05) is 13.2 Å². The van der Waals surface area contributed by atoms with E-state index in [0.29, 0.717) is 17.5 Å². The van der Waals surface area contributed by atoms with Crippen LogP contribution in [0.4, 0.5) is 4.39 Å². The van der Waals surface area contributed by atoms with Gasteiger partial charge in [0.05, 0.1) is 13.2 Å². The van der Waals surface area contributed by atoms with Crippen LogP contribution < -0.4 is 4.74 Å². The minimum Gasteiger partial charge on any atom is -0.462 e. The Kier molecular flexibility index (Phi) is 9.70. The van der Waals surface area contributed by atoms with Gasteiger partial charge in [-0.1, -0.05) is 44.0 Å². The first-order valence-corrected chi connectivity index (χ1v) is 10.9. The Morgan fingerprint density at radius 2 is 1.31 bits per heavy atom. The molecule has 0 bridgehead atoms. The van der Waals surface area contributed by atoms with Crippen LogP contribution >= 0.6 is 0 Å². The molecular formula is C28H29FO6. The van der Waals surface area contributed by atoms with Gasteiger partial charge in [0.1, 0.15) is 11.6 Å². The molecule has 35 heavy (non-hydrogen) atoms. The molecule has 0 N–H and O–H groups in total. The molecule has 0 saturated heterocycles. The highest BCUT2D eigenvalue weighted by Crippen LogP contribution is 2.27. The van der Waals surface area contributed by atoms with E-state index in [2.05, 4.69) is 19.7 Å². The highest BCUT2D eigenvalue weighted by Gasteiger charge is 2.17. The summed E-state index contributed by atoms with van der Waals surface area (Å²) in [4.78, 5) is 35.2. The molecule has 0 aromatic heterocycles.